The van der Waals surface area contributed by atoms with Crippen LogP contribution >= 0.6 is 11.6 Å². The predicted octanol–water partition coefficient (Wildman–Crippen LogP) is 3.16. The number of ether oxygens (including phenoxy) is 1. The van der Waals surface area contributed by atoms with Crippen LogP contribution in [0.4, 0.5) is 4.39 Å². The van der Waals surface area contributed by atoms with Gasteiger partial charge in [0.2, 0.25) is 5.88 Å². The standard InChI is InChI=1S/C12H9ClFNO2/c13-10-6-9(14)3-4-11(10)17-12-8(7-16)2-1-5-15-12/h1-6,16H,7H2. The molecule has 0 atom stereocenters. The van der Waals surface area contributed by atoms with Crippen LogP contribution in [0.25, 0.3) is 0 Å². The van der Waals surface area contributed by atoms with Crippen molar-refractivity contribution >= 4 is 11.6 Å². The molecule has 0 spiro atoms. The van der Waals surface area contributed by atoms with Gasteiger partial charge in [0.1, 0.15) is 11.6 Å². The molecule has 0 amide bonds. The first-order chi connectivity index (χ1) is 8.20. The summed E-state index contributed by atoms with van der Waals surface area (Å²) in [6, 6.07) is 7.17. The van der Waals surface area contributed by atoms with E-state index in [2.05, 4.69) is 4.98 Å². The Morgan fingerprint density at radius 2 is 2.18 bits per heavy atom. The normalized spacial score (nSPS) is 10.3. The highest BCUT2D eigenvalue weighted by Gasteiger charge is 2.08. The Balaban J connectivity index is 2.31. The summed E-state index contributed by atoms with van der Waals surface area (Å²) in [6.45, 7) is -0.192. The second-order valence-electron chi connectivity index (χ2n) is 3.30. The smallest absolute Gasteiger partial charge is 0.224 e. The topological polar surface area (TPSA) is 42.4 Å². The second kappa shape index (κ2) is 5.12. The van der Waals surface area contributed by atoms with Crippen LogP contribution in [-0.4, -0.2) is 10.1 Å². The molecule has 1 heterocycles. The summed E-state index contributed by atoms with van der Waals surface area (Å²) in [6.07, 6.45) is 1.53. The highest BCUT2D eigenvalue weighted by molar-refractivity contribution is 6.32. The molecule has 0 unspecified atom stereocenters. The minimum absolute atomic E-state index is 0.152. The third-order valence-corrected chi connectivity index (χ3v) is 2.42. The Morgan fingerprint density at radius 3 is 2.88 bits per heavy atom. The van der Waals surface area contributed by atoms with Gasteiger partial charge >= 0.3 is 0 Å². The third kappa shape index (κ3) is 2.72. The number of hydrogen-bond donors (Lipinski definition) is 1. The summed E-state index contributed by atoms with van der Waals surface area (Å²) < 4.78 is 18.3. The van der Waals surface area contributed by atoms with Crippen molar-refractivity contribution < 1.29 is 14.2 Å². The van der Waals surface area contributed by atoms with Crippen molar-refractivity contribution in [3.05, 3.63) is 52.9 Å². The molecule has 0 bridgehead atoms. The zero-order valence-electron chi connectivity index (χ0n) is 8.73. The van der Waals surface area contributed by atoms with E-state index in [0.29, 0.717) is 11.3 Å². The molecule has 0 saturated carbocycles. The summed E-state index contributed by atoms with van der Waals surface area (Å²) >= 11 is 5.82. The zero-order valence-corrected chi connectivity index (χ0v) is 9.49. The number of rotatable bonds is 3. The van der Waals surface area contributed by atoms with E-state index in [0.717, 1.165) is 6.07 Å². The van der Waals surface area contributed by atoms with E-state index in [1.54, 1.807) is 12.1 Å². The number of aromatic nitrogens is 1. The summed E-state index contributed by atoms with van der Waals surface area (Å²) in [7, 11) is 0. The lowest BCUT2D eigenvalue weighted by Crippen LogP contribution is -1.94. The van der Waals surface area contributed by atoms with Gasteiger partial charge in [0.05, 0.1) is 11.6 Å². The number of halogens is 2. The molecule has 1 N–H and O–H groups in total. The molecule has 1 aromatic heterocycles. The quantitative estimate of drug-likeness (QED) is 0.914. The Morgan fingerprint density at radius 1 is 1.35 bits per heavy atom. The van der Waals surface area contributed by atoms with E-state index in [4.69, 9.17) is 21.4 Å². The Bertz CT molecular complexity index is 534. The van der Waals surface area contributed by atoms with Gasteiger partial charge in [-0.1, -0.05) is 11.6 Å². The van der Waals surface area contributed by atoms with Crippen LogP contribution in [0.1, 0.15) is 5.56 Å². The lowest BCUT2D eigenvalue weighted by atomic mass is 10.3. The highest BCUT2D eigenvalue weighted by atomic mass is 35.5. The molecule has 0 fully saturated rings. The van der Waals surface area contributed by atoms with Crippen LogP contribution in [0.15, 0.2) is 36.5 Å². The minimum atomic E-state index is -0.439. The van der Waals surface area contributed by atoms with Crippen molar-refractivity contribution in [2.24, 2.45) is 0 Å². The first-order valence-electron chi connectivity index (χ1n) is 4.88. The van der Waals surface area contributed by atoms with Crippen molar-refractivity contribution in [3.63, 3.8) is 0 Å². The molecule has 5 heteroatoms. The van der Waals surface area contributed by atoms with Gasteiger partial charge in [0.15, 0.2) is 0 Å². The summed E-state index contributed by atoms with van der Waals surface area (Å²) in [5.74, 6) is 0.107. The van der Waals surface area contributed by atoms with Crippen molar-refractivity contribution in [1.29, 1.82) is 0 Å². The molecule has 88 valence electrons. The maximum absolute atomic E-state index is 12.8. The van der Waals surface area contributed by atoms with Crippen LogP contribution in [0.2, 0.25) is 5.02 Å². The molecule has 3 nitrogen and oxygen atoms in total. The van der Waals surface area contributed by atoms with Gasteiger partial charge in [-0.2, -0.15) is 0 Å². The number of aliphatic hydroxyl groups excluding tert-OH is 1. The lowest BCUT2D eigenvalue weighted by Gasteiger charge is -2.09. The number of pyridine rings is 1. The van der Waals surface area contributed by atoms with Gasteiger partial charge in [0, 0.05) is 11.8 Å². The number of benzene rings is 1. The van der Waals surface area contributed by atoms with Crippen LogP contribution < -0.4 is 4.74 Å². The molecule has 0 saturated heterocycles. The maximum atomic E-state index is 12.8. The summed E-state index contributed by atoms with van der Waals surface area (Å²) in [4.78, 5) is 3.97. The first-order valence-corrected chi connectivity index (χ1v) is 5.26. The van der Waals surface area contributed by atoms with Crippen molar-refractivity contribution in [2.45, 2.75) is 6.61 Å². The van der Waals surface area contributed by atoms with Crippen LogP contribution in [-0.2, 0) is 6.61 Å². The second-order valence-corrected chi connectivity index (χ2v) is 3.71. The number of aliphatic hydroxyl groups is 1. The Hall–Kier alpha value is -1.65. The van der Waals surface area contributed by atoms with Crippen molar-refractivity contribution in [2.75, 3.05) is 0 Å². The lowest BCUT2D eigenvalue weighted by molar-refractivity contribution is 0.275. The molecule has 0 aliphatic rings. The van der Waals surface area contributed by atoms with Gasteiger partial charge in [-0.3, -0.25) is 0 Å². The van der Waals surface area contributed by atoms with Crippen molar-refractivity contribution in [3.8, 4) is 11.6 Å². The Kier molecular flexibility index (Phi) is 3.56. The molecular weight excluding hydrogens is 245 g/mol. The van der Waals surface area contributed by atoms with E-state index in [1.165, 1.54) is 18.3 Å². The fraction of sp³-hybridized carbons (Fsp3) is 0.0833. The summed E-state index contributed by atoms with van der Waals surface area (Å²) in [5.41, 5.74) is 0.535. The fourth-order valence-corrected chi connectivity index (χ4v) is 1.50. The average Bonchev–Trinajstić information content (AvgIpc) is 2.33. The molecule has 1 aromatic carbocycles. The molecule has 2 rings (SSSR count). The van der Waals surface area contributed by atoms with E-state index < -0.39 is 5.82 Å². The average molecular weight is 254 g/mol. The van der Waals surface area contributed by atoms with E-state index in [-0.39, 0.29) is 17.5 Å². The fourth-order valence-electron chi connectivity index (χ4n) is 1.30. The van der Waals surface area contributed by atoms with Crippen LogP contribution in [0.5, 0.6) is 11.6 Å². The zero-order chi connectivity index (χ0) is 12.3. The number of hydrogen-bond acceptors (Lipinski definition) is 3. The summed E-state index contributed by atoms with van der Waals surface area (Å²) in [5, 5.41) is 9.25. The molecular formula is C12H9ClFNO2. The first kappa shape index (κ1) is 11.8. The number of nitrogens with zero attached hydrogens (tertiary/aromatic N) is 1. The van der Waals surface area contributed by atoms with Gasteiger partial charge in [-0.05, 0) is 30.3 Å². The highest BCUT2D eigenvalue weighted by Crippen LogP contribution is 2.30. The predicted molar refractivity (Wildman–Crippen MR) is 61.6 cm³/mol. The van der Waals surface area contributed by atoms with Gasteiger partial charge in [-0.15, -0.1) is 0 Å². The molecule has 2 aromatic rings. The van der Waals surface area contributed by atoms with Crippen molar-refractivity contribution in [1.82, 2.24) is 4.98 Å². The van der Waals surface area contributed by atoms with Gasteiger partial charge in [-0.25, -0.2) is 9.37 Å². The molecule has 17 heavy (non-hydrogen) atoms. The van der Waals surface area contributed by atoms with Crippen LogP contribution in [0.3, 0.4) is 0 Å². The largest absolute Gasteiger partial charge is 0.437 e. The minimum Gasteiger partial charge on any atom is -0.437 e. The molecule has 0 aliphatic carbocycles. The molecule has 0 aliphatic heterocycles. The van der Waals surface area contributed by atoms with E-state index in [9.17, 15) is 4.39 Å². The molecule has 0 radical (unpaired) electrons. The third-order valence-electron chi connectivity index (χ3n) is 2.12. The maximum Gasteiger partial charge on any atom is 0.224 e. The van der Waals surface area contributed by atoms with E-state index in [1.807, 2.05) is 0 Å². The monoisotopic (exact) mass is 253 g/mol. The van der Waals surface area contributed by atoms with Crippen LogP contribution in [0, 0.1) is 5.82 Å². The van der Waals surface area contributed by atoms with Gasteiger partial charge < -0.3 is 9.84 Å². The van der Waals surface area contributed by atoms with Gasteiger partial charge in [0.25, 0.3) is 0 Å². The van der Waals surface area contributed by atoms with E-state index >= 15 is 0 Å². The SMILES string of the molecule is OCc1cccnc1Oc1ccc(F)cc1Cl. The Labute approximate surface area is 102 Å².